The van der Waals surface area contributed by atoms with E-state index < -0.39 is 0 Å². The summed E-state index contributed by atoms with van der Waals surface area (Å²) in [7, 11) is 0. The van der Waals surface area contributed by atoms with Gasteiger partial charge in [-0.05, 0) is 51.9 Å². The minimum absolute atomic E-state index is 0.336. The van der Waals surface area contributed by atoms with Crippen LogP contribution in [0.4, 0.5) is 0 Å². The summed E-state index contributed by atoms with van der Waals surface area (Å²) in [6, 6.07) is 32.8. The SMILES string of the molecule is Oc1c(Cc2ccc(-c3ccc[nH]3)cc2)ccc2ccc(C#CCc3ccccc3)cc12. The van der Waals surface area contributed by atoms with Gasteiger partial charge < -0.3 is 10.1 Å². The van der Waals surface area contributed by atoms with E-state index in [9.17, 15) is 5.11 Å². The first-order chi connectivity index (χ1) is 15.8. The number of nitrogens with one attached hydrogen (secondary N) is 1. The second-order valence-corrected chi connectivity index (χ2v) is 7.93. The smallest absolute Gasteiger partial charge is 0.126 e. The van der Waals surface area contributed by atoms with Gasteiger partial charge in [-0.2, -0.15) is 0 Å². The van der Waals surface area contributed by atoms with Crippen LogP contribution in [-0.2, 0) is 12.8 Å². The van der Waals surface area contributed by atoms with Gasteiger partial charge in [-0.1, -0.05) is 84.6 Å². The van der Waals surface area contributed by atoms with E-state index in [4.69, 9.17) is 0 Å². The highest BCUT2D eigenvalue weighted by Crippen LogP contribution is 2.31. The molecule has 0 fully saturated rings. The minimum Gasteiger partial charge on any atom is -0.507 e. The first kappa shape index (κ1) is 19.7. The van der Waals surface area contributed by atoms with Crippen LogP contribution in [0.25, 0.3) is 22.0 Å². The molecule has 0 amide bonds. The first-order valence-corrected chi connectivity index (χ1v) is 10.8. The Morgan fingerprint density at radius 3 is 2.34 bits per heavy atom. The molecule has 0 spiro atoms. The molecule has 0 aliphatic carbocycles. The Balaban J connectivity index is 1.38. The third kappa shape index (κ3) is 4.29. The molecule has 4 aromatic carbocycles. The predicted octanol–water partition coefficient (Wildman–Crippen LogP) is 6.73. The van der Waals surface area contributed by atoms with Gasteiger partial charge in [-0.25, -0.2) is 0 Å². The maximum Gasteiger partial charge on any atom is 0.126 e. The van der Waals surface area contributed by atoms with Crippen LogP contribution in [0.3, 0.4) is 0 Å². The van der Waals surface area contributed by atoms with Gasteiger partial charge in [0.1, 0.15) is 5.75 Å². The van der Waals surface area contributed by atoms with Gasteiger partial charge in [0.2, 0.25) is 0 Å². The number of aromatic hydroxyl groups is 1. The van der Waals surface area contributed by atoms with Crippen molar-refractivity contribution in [3.63, 3.8) is 0 Å². The molecule has 2 heteroatoms. The van der Waals surface area contributed by atoms with Crippen LogP contribution in [-0.4, -0.2) is 10.1 Å². The van der Waals surface area contributed by atoms with Crippen molar-refractivity contribution in [3.8, 4) is 28.8 Å². The van der Waals surface area contributed by atoms with Crippen molar-refractivity contribution in [2.24, 2.45) is 0 Å². The van der Waals surface area contributed by atoms with Crippen molar-refractivity contribution in [3.05, 3.63) is 126 Å². The molecule has 2 nitrogen and oxygen atoms in total. The Bertz CT molecular complexity index is 1400. The van der Waals surface area contributed by atoms with Crippen LogP contribution in [0.5, 0.6) is 5.75 Å². The molecule has 5 rings (SSSR count). The normalized spacial score (nSPS) is 10.6. The molecule has 0 unspecified atom stereocenters. The summed E-state index contributed by atoms with van der Waals surface area (Å²) >= 11 is 0. The molecule has 0 saturated heterocycles. The number of phenols is 1. The number of hydrogen-bond donors (Lipinski definition) is 2. The van der Waals surface area contributed by atoms with Gasteiger partial charge >= 0.3 is 0 Å². The molecule has 0 saturated carbocycles. The van der Waals surface area contributed by atoms with E-state index in [-0.39, 0.29) is 0 Å². The van der Waals surface area contributed by atoms with Crippen LogP contribution >= 0.6 is 0 Å². The molecule has 32 heavy (non-hydrogen) atoms. The summed E-state index contributed by atoms with van der Waals surface area (Å²) in [6.45, 7) is 0. The molecule has 0 aliphatic rings. The average Bonchev–Trinajstić information content (AvgIpc) is 3.37. The molecule has 0 aliphatic heterocycles. The Morgan fingerprint density at radius 2 is 1.56 bits per heavy atom. The van der Waals surface area contributed by atoms with Gasteiger partial charge in [-0.3, -0.25) is 0 Å². The van der Waals surface area contributed by atoms with E-state index >= 15 is 0 Å². The highest BCUT2D eigenvalue weighted by molar-refractivity contribution is 5.90. The van der Waals surface area contributed by atoms with E-state index in [2.05, 4.69) is 65.4 Å². The Kier molecular flexibility index (Phi) is 5.47. The van der Waals surface area contributed by atoms with Crippen LogP contribution in [0.15, 0.2) is 103 Å². The second kappa shape index (κ2) is 8.88. The maximum atomic E-state index is 11.0. The molecule has 0 bridgehead atoms. The second-order valence-electron chi connectivity index (χ2n) is 7.93. The van der Waals surface area contributed by atoms with E-state index in [0.29, 0.717) is 18.6 Å². The monoisotopic (exact) mass is 413 g/mol. The quantitative estimate of drug-likeness (QED) is 0.315. The topological polar surface area (TPSA) is 36.0 Å². The Labute approximate surface area is 188 Å². The zero-order valence-corrected chi connectivity index (χ0v) is 17.7. The van der Waals surface area contributed by atoms with Crippen molar-refractivity contribution in [2.45, 2.75) is 12.8 Å². The number of aromatic nitrogens is 1. The van der Waals surface area contributed by atoms with Crippen LogP contribution in [0, 0.1) is 11.8 Å². The van der Waals surface area contributed by atoms with Crippen LogP contribution in [0.2, 0.25) is 0 Å². The zero-order valence-electron chi connectivity index (χ0n) is 17.7. The molecule has 5 aromatic rings. The van der Waals surface area contributed by atoms with Gasteiger partial charge in [0.05, 0.1) is 0 Å². The summed E-state index contributed by atoms with van der Waals surface area (Å²) in [4.78, 5) is 3.23. The largest absolute Gasteiger partial charge is 0.507 e. The lowest BCUT2D eigenvalue weighted by Gasteiger charge is -2.09. The summed E-state index contributed by atoms with van der Waals surface area (Å²) in [5.41, 5.74) is 6.45. The molecule has 1 heterocycles. The highest BCUT2D eigenvalue weighted by Gasteiger charge is 2.08. The van der Waals surface area contributed by atoms with Crippen molar-refractivity contribution < 1.29 is 5.11 Å². The minimum atomic E-state index is 0.336. The maximum absolute atomic E-state index is 11.0. The lowest BCUT2D eigenvalue weighted by Crippen LogP contribution is -1.91. The van der Waals surface area contributed by atoms with Crippen molar-refractivity contribution >= 4 is 10.8 Å². The molecular formula is C30H23NO. The van der Waals surface area contributed by atoms with Crippen LogP contribution < -0.4 is 0 Å². The summed E-state index contributed by atoms with van der Waals surface area (Å²) in [6.07, 6.45) is 3.32. The Morgan fingerprint density at radius 1 is 0.750 bits per heavy atom. The third-order valence-corrected chi connectivity index (χ3v) is 5.70. The molecule has 0 radical (unpaired) electrons. The molecule has 2 N–H and O–H groups in total. The molecule has 0 atom stereocenters. The van der Waals surface area contributed by atoms with Crippen molar-refractivity contribution in [1.29, 1.82) is 0 Å². The summed E-state index contributed by atoms with van der Waals surface area (Å²) < 4.78 is 0. The molecule has 154 valence electrons. The number of rotatable bonds is 4. The summed E-state index contributed by atoms with van der Waals surface area (Å²) in [5, 5.41) is 12.9. The fourth-order valence-corrected chi connectivity index (χ4v) is 3.95. The third-order valence-electron chi connectivity index (χ3n) is 5.70. The fourth-order valence-electron chi connectivity index (χ4n) is 3.95. The standard InChI is InChI=1S/C30H23NO/c32-30-27(20-24-12-15-26(16-13-24)29-10-5-19-31-29)18-17-25-14-11-23(21-28(25)30)9-4-8-22-6-2-1-3-7-22/h1-3,5-7,10-19,21,31-32H,8,20H2. The number of hydrogen-bond acceptors (Lipinski definition) is 1. The van der Waals surface area contributed by atoms with Crippen molar-refractivity contribution in [1.82, 2.24) is 4.98 Å². The fraction of sp³-hybridized carbons (Fsp3) is 0.0667. The zero-order chi connectivity index (χ0) is 21.8. The molecular weight excluding hydrogens is 390 g/mol. The number of aromatic amines is 1. The van der Waals surface area contributed by atoms with E-state index in [1.165, 1.54) is 5.56 Å². The Hall–Kier alpha value is -4.22. The highest BCUT2D eigenvalue weighted by atomic mass is 16.3. The number of phenolic OH excluding ortho intramolecular Hbond substituents is 1. The number of benzene rings is 4. The van der Waals surface area contributed by atoms with E-state index in [1.807, 2.05) is 54.7 Å². The average molecular weight is 414 g/mol. The lowest BCUT2D eigenvalue weighted by atomic mass is 9.97. The first-order valence-electron chi connectivity index (χ1n) is 10.8. The number of fused-ring (bicyclic) bond motifs is 1. The predicted molar refractivity (Wildman–Crippen MR) is 132 cm³/mol. The molecule has 1 aromatic heterocycles. The van der Waals surface area contributed by atoms with E-state index in [0.717, 1.165) is 38.7 Å². The van der Waals surface area contributed by atoms with Gasteiger partial charge in [0, 0.05) is 35.7 Å². The van der Waals surface area contributed by atoms with E-state index in [1.54, 1.807) is 0 Å². The van der Waals surface area contributed by atoms with Gasteiger partial charge in [0.25, 0.3) is 0 Å². The number of H-pyrrole nitrogens is 1. The summed E-state index contributed by atoms with van der Waals surface area (Å²) in [5.74, 6) is 6.81. The van der Waals surface area contributed by atoms with Gasteiger partial charge in [-0.15, -0.1) is 0 Å². The van der Waals surface area contributed by atoms with Gasteiger partial charge in [0.15, 0.2) is 0 Å². The van der Waals surface area contributed by atoms with Crippen molar-refractivity contribution in [2.75, 3.05) is 0 Å². The van der Waals surface area contributed by atoms with Crippen LogP contribution in [0.1, 0.15) is 22.3 Å². The lowest BCUT2D eigenvalue weighted by molar-refractivity contribution is 0.476.